The van der Waals surface area contributed by atoms with E-state index in [1.165, 1.54) is 31.8 Å². The topological polar surface area (TPSA) is 0 Å². The fourth-order valence-corrected chi connectivity index (χ4v) is 6.78. The van der Waals surface area contributed by atoms with Crippen molar-refractivity contribution in [3.05, 3.63) is 182 Å². The third-order valence-corrected chi connectivity index (χ3v) is 9.24. The van der Waals surface area contributed by atoms with Crippen LogP contribution in [-0.4, -0.2) is 0 Å². The zero-order valence-corrected chi connectivity index (χ0v) is 27.9. The number of rotatable bonds is 6. The van der Waals surface area contributed by atoms with Crippen LogP contribution in [-0.2, 0) is 19.5 Å². The number of benzene rings is 6. The molecule has 0 aliphatic rings. The summed E-state index contributed by atoms with van der Waals surface area (Å²) in [6.07, 6.45) is 0. The Bertz CT molecular complexity index is 1140. The van der Waals surface area contributed by atoms with E-state index in [0.717, 1.165) is 25.7 Å². The Morgan fingerprint density at radius 1 is 0.220 bits per heavy atom. The van der Waals surface area contributed by atoms with Crippen LogP contribution in [0.5, 0.6) is 0 Å². The summed E-state index contributed by atoms with van der Waals surface area (Å²) in [7, 11) is 2.33. The van der Waals surface area contributed by atoms with Gasteiger partial charge < -0.3 is 12.4 Å². The van der Waals surface area contributed by atoms with E-state index < -0.39 is 0 Å². The van der Waals surface area contributed by atoms with Crippen molar-refractivity contribution in [3.8, 4) is 0 Å². The fourth-order valence-electron chi connectivity index (χ4n) is 3.63. The molecule has 0 N–H and O–H groups in total. The van der Waals surface area contributed by atoms with Gasteiger partial charge in [0.2, 0.25) is 0 Å². The minimum absolute atomic E-state index is 0. The van der Waals surface area contributed by atoms with Crippen molar-refractivity contribution in [3.63, 3.8) is 0 Å². The van der Waals surface area contributed by atoms with Crippen LogP contribution in [0.15, 0.2) is 182 Å². The van der Waals surface area contributed by atoms with Crippen molar-refractivity contribution in [2.75, 3.05) is 0 Å². The van der Waals surface area contributed by atoms with E-state index in [1.54, 1.807) is 0 Å². The first kappa shape index (κ1) is 34.7. The van der Waals surface area contributed by atoms with E-state index in [1.807, 2.05) is 0 Å². The van der Waals surface area contributed by atoms with Gasteiger partial charge in [0, 0.05) is 19.5 Å². The zero-order chi connectivity index (χ0) is 26.8. The second-order valence-electron chi connectivity index (χ2n) is 8.57. The van der Waals surface area contributed by atoms with Gasteiger partial charge in [0.05, 0.1) is 0 Å². The minimum atomic E-state index is 0. The summed E-state index contributed by atoms with van der Waals surface area (Å²) in [6, 6.07) is 63.5. The number of halogens is 1. The van der Waals surface area contributed by atoms with Crippen molar-refractivity contribution in [2.45, 2.75) is 0 Å². The molecule has 0 heterocycles. The standard InChI is InChI=1S/3C12H11P.ClH.Rh/c3*1-3-7-11(8-4-1)13-12-9-5-2-6-10-12;;/h3*1-10,13H;1H;/p-1. The summed E-state index contributed by atoms with van der Waals surface area (Å²) >= 11 is 0. The number of hydrogen-bond donors (Lipinski definition) is 0. The van der Waals surface area contributed by atoms with Crippen molar-refractivity contribution in [2.24, 2.45) is 0 Å². The molecular formula is C36H33ClP3Rh-. The van der Waals surface area contributed by atoms with Gasteiger partial charge in [-0.3, -0.25) is 0 Å². The van der Waals surface area contributed by atoms with E-state index in [0.29, 0.717) is 0 Å². The maximum atomic E-state index is 2.17. The van der Waals surface area contributed by atoms with E-state index in [2.05, 4.69) is 182 Å². The Kier molecular flexibility index (Phi) is 18.0. The van der Waals surface area contributed by atoms with Crippen LogP contribution in [0.3, 0.4) is 0 Å². The van der Waals surface area contributed by atoms with Crippen molar-refractivity contribution >= 4 is 57.6 Å². The van der Waals surface area contributed by atoms with Crippen LogP contribution in [0.4, 0.5) is 0 Å². The van der Waals surface area contributed by atoms with Crippen LogP contribution < -0.4 is 44.2 Å². The summed E-state index contributed by atoms with van der Waals surface area (Å²) in [6.45, 7) is 0. The smallest absolute Gasteiger partial charge is 0 e. The molecule has 0 amide bonds. The van der Waals surface area contributed by atoms with Crippen LogP contribution in [0.1, 0.15) is 0 Å². The van der Waals surface area contributed by atoms with E-state index in [9.17, 15) is 0 Å². The Morgan fingerprint density at radius 3 is 0.463 bits per heavy atom. The maximum absolute atomic E-state index is 2.17. The molecule has 0 atom stereocenters. The van der Waals surface area contributed by atoms with Gasteiger partial charge in [-0.05, 0) is 31.8 Å². The van der Waals surface area contributed by atoms with Crippen LogP contribution >= 0.6 is 25.7 Å². The quantitative estimate of drug-likeness (QED) is 0.183. The molecule has 0 saturated heterocycles. The monoisotopic (exact) mass is 696 g/mol. The van der Waals surface area contributed by atoms with Gasteiger partial charge in [-0.15, -0.1) is 0 Å². The molecule has 0 aromatic heterocycles. The molecule has 6 aromatic rings. The van der Waals surface area contributed by atoms with Gasteiger partial charge in [0.25, 0.3) is 0 Å². The predicted molar refractivity (Wildman–Crippen MR) is 181 cm³/mol. The molecular weight excluding hydrogens is 664 g/mol. The van der Waals surface area contributed by atoms with Gasteiger partial charge in [-0.1, -0.05) is 208 Å². The fraction of sp³-hybridized carbons (Fsp3) is 0. The third kappa shape index (κ3) is 14.3. The Labute approximate surface area is 270 Å². The van der Waals surface area contributed by atoms with Crippen molar-refractivity contribution < 1.29 is 31.9 Å². The molecule has 0 unspecified atom stereocenters. The third-order valence-electron chi connectivity index (χ3n) is 5.51. The molecule has 1 radical (unpaired) electrons. The van der Waals surface area contributed by atoms with Crippen LogP contribution in [0.2, 0.25) is 0 Å². The van der Waals surface area contributed by atoms with Gasteiger partial charge in [-0.25, -0.2) is 0 Å². The first-order chi connectivity index (χ1) is 19.3. The first-order valence-corrected chi connectivity index (χ1v) is 16.0. The summed E-state index contributed by atoms with van der Waals surface area (Å²) < 4.78 is 0. The molecule has 0 saturated carbocycles. The molecule has 6 rings (SSSR count). The summed E-state index contributed by atoms with van der Waals surface area (Å²) in [5.74, 6) is 0. The summed E-state index contributed by atoms with van der Waals surface area (Å²) in [5.41, 5.74) is 0. The molecule has 0 aliphatic heterocycles. The Balaban J connectivity index is 0.000000210. The van der Waals surface area contributed by atoms with Crippen LogP contribution in [0.25, 0.3) is 0 Å². The van der Waals surface area contributed by atoms with Crippen LogP contribution in [0, 0.1) is 0 Å². The van der Waals surface area contributed by atoms with Gasteiger partial charge >= 0.3 is 0 Å². The minimum Gasteiger partial charge on any atom is -1.00 e. The normalized spacial score (nSPS) is 9.37. The SMILES string of the molecule is [Cl-].[Rh].c1ccc(Pc2ccccc2)cc1.c1ccc(Pc2ccccc2)cc1.c1ccc(Pc2ccccc2)cc1. The molecule has 0 fully saturated rings. The zero-order valence-electron chi connectivity index (χ0n) is 22.5. The molecule has 0 nitrogen and oxygen atoms in total. The Morgan fingerprint density at radius 2 is 0.341 bits per heavy atom. The maximum Gasteiger partial charge on any atom is 0 e. The van der Waals surface area contributed by atoms with Crippen molar-refractivity contribution in [1.82, 2.24) is 0 Å². The first-order valence-electron chi connectivity index (χ1n) is 13.0. The molecule has 6 aromatic carbocycles. The molecule has 41 heavy (non-hydrogen) atoms. The van der Waals surface area contributed by atoms with Gasteiger partial charge in [-0.2, -0.15) is 0 Å². The summed E-state index contributed by atoms with van der Waals surface area (Å²) in [5, 5.41) is 8.38. The average molecular weight is 697 g/mol. The van der Waals surface area contributed by atoms with Gasteiger partial charge in [0.15, 0.2) is 0 Å². The molecule has 5 heteroatoms. The van der Waals surface area contributed by atoms with Crippen molar-refractivity contribution in [1.29, 1.82) is 0 Å². The predicted octanol–water partition coefficient (Wildman–Crippen LogP) is 3.95. The van der Waals surface area contributed by atoms with E-state index in [-0.39, 0.29) is 31.9 Å². The largest absolute Gasteiger partial charge is 1.00 e. The number of hydrogen-bond acceptors (Lipinski definition) is 0. The van der Waals surface area contributed by atoms with Gasteiger partial charge in [0.1, 0.15) is 0 Å². The second-order valence-corrected chi connectivity index (χ2v) is 12.8. The molecule has 209 valence electrons. The second kappa shape index (κ2) is 21.3. The molecule has 0 spiro atoms. The van der Waals surface area contributed by atoms with E-state index >= 15 is 0 Å². The van der Waals surface area contributed by atoms with E-state index in [4.69, 9.17) is 0 Å². The molecule has 0 bridgehead atoms. The summed E-state index contributed by atoms with van der Waals surface area (Å²) in [4.78, 5) is 0. The Hall–Kier alpha value is -2.48. The average Bonchev–Trinajstić information content (AvgIpc) is 3.01. The molecule has 0 aliphatic carbocycles.